The fraction of sp³-hybridized carbons (Fsp3) is 0.294. The van der Waals surface area contributed by atoms with Gasteiger partial charge < -0.3 is 4.90 Å². The molecular weight excluding hydrogens is 502 g/mol. The average molecular weight is 537 g/mol. The van der Waals surface area contributed by atoms with E-state index in [4.69, 9.17) is 0 Å². The number of halogens is 1. The zero-order chi connectivity index (χ0) is 25.6. The Bertz CT molecular complexity index is 1520. The third-order valence-corrected chi connectivity index (χ3v) is 8.97. The van der Waals surface area contributed by atoms with Gasteiger partial charge in [-0.2, -0.15) is 0 Å². The van der Waals surface area contributed by atoms with Crippen molar-refractivity contribution in [2.24, 2.45) is 0 Å². The van der Waals surface area contributed by atoms with E-state index >= 15 is 0 Å². The molecule has 0 fully saturated rings. The molecule has 4 aromatic rings. The van der Waals surface area contributed by atoms with Gasteiger partial charge in [-0.25, -0.2) is 0 Å². The third-order valence-electron chi connectivity index (χ3n) is 8.48. The molecule has 2 heteroatoms. The second kappa shape index (κ2) is 7.59. The summed E-state index contributed by atoms with van der Waals surface area (Å²) in [7, 11) is 0. The molecule has 1 aliphatic heterocycles. The van der Waals surface area contributed by atoms with Gasteiger partial charge in [0.25, 0.3) is 0 Å². The van der Waals surface area contributed by atoms with Gasteiger partial charge in [-0.05, 0) is 86.8 Å². The van der Waals surface area contributed by atoms with Gasteiger partial charge in [0, 0.05) is 21.0 Å². The van der Waals surface area contributed by atoms with Crippen molar-refractivity contribution in [1.29, 1.82) is 0 Å². The van der Waals surface area contributed by atoms with E-state index in [0.29, 0.717) is 0 Å². The van der Waals surface area contributed by atoms with Gasteiger partial charge >= 0.3 is 0 Å². The second-order valence-electron chi connectivity index (χ2n) is 12.5. The zero-order valence-electron chi connectivity index (χ0n) is 22.3. The molecule has 6 rings (SSSR count). The minimum atomic E-state index is -0.106. The van der Waals surface area contributed by atoms with Crippen LogP contribution in [-0.2, 0) is 16.2 Å². The predicted molar refractivity (Wildman–Crippen MR) is 157 cm³/mol. The molecule has 1 nitrogen and oxygen atoms in total. The van der Waals surface area contributed by atoms with E-state index in [2.05, 4.69) is 148 Å². The highest BCUT2D eigenvalue weighted by molar-refractivity contribution is 9.10. The molecule has 0 N–H and O–H groups in total. The average Bonchev–Trinajstić information content (AvgIpc) is 3.04. The molecule has 0 spiro atoms. The largest absolute Gasteiger partial charge is 0.310 e. The van der Waals surface area contributed by atoms with Gasteiger partial charge in [-0.3, -0.25) is 0 Å². The summed E-state index contributed by atoms with van der Waals surface area (Å²) in [6.45, 7) is 16.3. The number of fused-ring (bicyclic) bond motifs is 5. The minimum absolute atomic E-state index is 0.0631. The van der Waals surface area contributed by atoms with Crippen molar-refractivity contribution >= 4 is 33.0 Å². The Hall–Kier alpha value is -2.84. The molecule has 0 saturated carbocycles. The molecule has 0 atom stereocenters. The highest BCUT2D eigenvalue weighted by atomic mass is 79.9. The fourth-order valence-corrected chi connectivity index (χ4v) is 6.65. The maximum atomic E-state index is 3.72. The Kier molecular flexibility index (Phi) is 4.96. The van der Waals surface area contributed by atoms with Crippen molar-refractivity contribution in [2.75, 3.05) is 4.90 Å². The summed E-state index contributed by atoms with van der Waals surface area (Å²) >= 11 is 3.72. The number of rotatable bonds is 1. The first-order valence-corrected chi connectivity index (χ1v) is 13.7. The van der Waals surface area contributed by atoms with Crippen LogP contribution in [0.5, 0.6) is 0 Å². The SMILES string of the molecule is CC(C)(C)c1ccc(N2c3ccccc3C(C)(C)c3cc4c(cc32)C(C)(C)c2cc(Br)ccc2-4)cc1. The molecule has 182 valence electrons. The zero-order valence-corrected chi connectivity index (χ0v) is 23.9. The lowest BCUT2D eigenvalue weighted by Gasteiger charge is -2.43. The fourth-order valence-electron chi connectivity index (χ4n) is 6.29. The van der Waals surface area contributed by atoms with Crippen LogP contribution in [0.15, 0.2) is 83.3 Å². The Morgan fingerprint density at radius 2 is 1.25 bits per heavy atom. The number of hydrogen-bond donors (Lipinski definition) is 0. The minimum Gasteiger partial charge on any atom is -0.310 e. The number of hydrogen-bond acceptors (Lipinski definition) is 1. The maximum Gasteiger partial charge on any atom is 0.0506 e. The summed E-state index contributed by atoms with van der Waals surface area (Å²) in [5.41, 5.74) is 13.4. The predicted octanol–water partition coefficient (Wildman–Crippen LogP) is 10.2. The lowest BCUT2D eigenvalue weighted by atomic mass is 9.71. The van der Waals surface area contributed by atoms with E-state index in [1.54, 1.807) is 0 Å². The number of benzene rings is 4. The second-order valence-corrected chi connectivity index (χ2v) is 13.4. The lowest BCUT2D eigenvalue weighted by Crippen LogP contribution is -2.31. The molecule has 1 aliphatic carbocycles. The van der Waals surface area contributed by atoms with Crippen molar-refractivity contribution in [3.05, 3.63) is 111 Å². The van der Waals surface area contributed by atoms with Gasteiger partial charge in [0.05, 0.1) is 11.4 Å². The van der Waals surface area contributed by atoms with Crippen LogP contribution in [0, 0.1) is 0 Å². The van der Waals surface area contributed by atoms with Crippen molar-refractivity contribution in [1.82, 2.24) is 0 Å². The molecule has 0 bridgehead atoms. The first-order chi connectivity index (χ1) is 16.9. The van der Waals surface area contributed by atoms with Crippen LogP contribution in [0.25, 0.3) is 11.1 Å². The van der Waals surface area contributed by atoms with Crippen molar-refractivity contribution in [2.45, 2.75) is 64.7 Å². The van der Waals surface area contributed by atoms with Gasteiger partial charge in [0.1, 0.15) is 0 Å². The lowest BCUT2D eigenvalue weighted by molar-refractivity contribution is 0.590. The number of nitrogens with zero attached hydrogens (tertiary/aromatic N) is 1. The van der Waals surface area contributed by atoms with E-state index in [0.717, 1.165) is 4.47 Å². The highest BCUT2D eigenvalue weighted by Gasteiger charge is 2.42. The van der Waals surface area contributed by atoms with Crippen LogP contribution >= 0.6 is 15.9 Å². The smallest absolute Gasteiger partial charge is 0.0506 e. The van der Waals surface area contributed by atoms with E-state index in [1.165, 1.54) is 56.0 Å². The Morgan fingerprint density at radius 3 is 1.94 bits per heavy atom. The van der Waals surface area contributed by atoms with E-state index in [1.807, 2.05) is 0 Å². The van der Waals surface area contributed by atoms with Crippen molar-refractivity contribution in [3.8, 4) is 11.1 Å². The quantitative estimate of drug-likeness (QED) is 0.234. The molecule has 0 radical (unpaired) electrons. The molecule has 2 aliphatic rings. The Labute approximate surface area is 224 Å². The van der Waals surface area contributed by atoms with Crippen LogP contribution in [0.3, 0.4) is 0 Å². The Balaban J connectivity index is 1.63. The molecular formula is C34H34BrN. The number of para-hydroxylation sites is 1. The highest BCUT2D eigenvalue weighted by Crippen LogP contribution is 2.57. The summed E-state index contributed by atoms with van der Waals surface area (Å²) in [5.74, 6) is 0. The van der Waals surface area contributed by atoms with Crippen LogP contribution in [0.4, 0.5) is 17.1 Å². The normalized spacial score (nSPS) is 16.7. The summed E-state index contributed by atoms with van der Waals surface area (Å²) in [5, 5.41) is 0. The molecule has 1 heterocycles. The molecule has 0 unspecified atom stereocenters. The molecule has 0 aromatic heterocycles. The first-order valence-electron chi connectivity index (χ1n) is 12.9. The van der Waals surface area contributed by atoms with Gasteiger partial charge in [-0.15, -0.1) is 0 Å². The topological polar surface area (TPSA) is 3.24 Å². The summed E-state index contributed by atoms with van der Waals surface area (Å²) < 4.78 is 1.14. The van der Waals surface area contributed by atoms with Crippen molar-refractivity contribution in [3.63, 3.8) is 0 Å². The van der Waals surface area contributed by atoms with Crippen LogP contribution in [0.2, 0.25) is 0 Å². The summed E-state index contributed by atoms with van der Waals surface area (Å²) in [6.07, 6.45) is 0. The van der Waals surface area contributed by atoms with E-state index < -0.39 is 0 Å². The third kappa shape index (κ3) is 3.27. The van der Waals surface area contributed by atoms with Crippen LogP contribution in [-0.4, -0.2) is 0 Å². The summed E-state index contributed by atoms with van der Waals surface area (Å²) in [6, 6.07) is 29.8. The van der Waals surface area contributed by atoms with E-state index in [-0.39, 0.29) is 16.2 Å². The Morgan fingerprint density at radius 1 is 0.611 bits per heavy atom. The standard InChI is InChI=1S/C34H34BrN/c1-32(2,3)21-12-15-23(16-13-21)36-30-11-9-8-10-26(30)33(4,5)29-19-25-24-17-14-22(35)18-27(24)34(6,7)28(25)20-31(29)36/h8-20H,1-7H3. The monoisotopic (exact) mass is 535 g/mol. The number of anilines is 3. The molecule has 0 amide bonds. The summed E-state index contributed by atoms with van der Waals surface area (Å²) in [4.78, 5) is 2.48. The van der Waals surface area contributed by atoms with Gasteiger partial charge in [0.15, 0.2) is 0 Å². The molecule has 0 saturated heterocycles. The van der Waals surface area contributed by atoms with E-state index in [9.17, 15) is 0 Å². The van der Waals surface area contributed by atoms with Crippen molar-refractivity contribution < 1.29 is 0 Å². The van der Waals surface area contributed by atoms with Crippen LogP contribution in [0.1, 0.15) is 76.3 Å². The molecule has 36 heavy (non-hydrogen) atoms. The van der Waals surface area contributed by atoms with Gasteiger partial charge in [-0.1, -0.05) is 101 Å². The van der Waals surface area contributed by atoms with Crippen LogP contribution < -0.4 is 4.90 Å². The maximum absolute atomic E-state index is 3.72. The molecule has 4 aromatic carbocycles. The first kappa shape index (κ1) is 23.6. The van der Waals surface area contributed by atoms with Gasteiger partial charge in [0.2, 0.25) is 0 Å².